The molecular formula is C28H28Cl2N2O5S. The summed E-state index contributed by atoms with van der Waals surface area (Å²) in [7, 11) is -3.75. The van der Waals surface area contributed by atoms with Gasteiger partial charge in [0.05, 0.1) is 10.8 Å². The first-order valence-corrected chi connectivity index (χ1v) is 14.4. The first-order chi connectivity index (χ1) is 18.0. The van der Waals surface area contributed by atoms with Crippen LogP contribution in [0.3, 0.4) is 0 Å². The van der Waals surface area contributed by atoms with Crippen LogP contribution < -0.4 is 5.32 Å². The number of carboxylic acids is 1. The smallest absolute Gasteiger partial charge is 0.326 e. The van der Waals surface area contributed by atoms with E-state index in [9.17, 15) is 23.1 Å². The second kappa shape index (κ2) is 11.9. The number of halogens is 2. The lowest BCUT2D eigenvalue weighted by molar-refractivity contribution is -0.142. The molecule has 1 aliphatic heterocycles. The number of carboxylic acid groups (broad SMARTS) is 1. The molecule has 10 heteroatoms. The topological polar surface area (TPSA) is 104 Å². The van der Waals surface area contributed by atoms with Crippen LogP contribution >= 0.6 is 23.2 Å². The molecule has 7 nitrogen and oxygen atoms in total. The van der Waals surface area contributed by atoms with Crippen molar-refractivity contribution in [1.29, 1.82) is 0 Å². The SMILES string of the molecule is Cc1ccc(S(=O)(=O)N2CCCC(C(=O)N[C@@H](Cc3ccc(-c4cc(Cl)ccc4Cl)cc3)C(=O)O)C2)cc1. The zero-order valence-electron chi connectivity index (χ0n) is 20.7. The molecule has 4 rings (SSSR count). The summed E-state index contributed by atoms with van der Waals surface area (Å²) in [5.74, 6) is -2.28. The third-order valence-corrected chi connectivity index (χ3v) is 9.11. The molecule has 0 bridgehead atoms. The van der Waals surface area contributed by atoms with E-state index in [1.54, 1.807) is 54.6 Å². The number of benzene rings is 3. The van der Waals surface area contributed by atoms with Crippen LogP contribution in [0.25, 0.3) is 11.1 Å². The zero-order chi connectivity index (χ0) is 27.4. The van der Waals surface area contributed by atoms with Crippen LogP contribution in [-0.2, 0) is 26.0 Å². The number of sulfonamides is 1. The second-order valence-corrected chi connectivity index (χ2v) is 12.2. The van der Waals surface area contributed by atoms with Crippen molar-refractivity contribution in [1.82, 2.24) is 9.62 Å². The molecule has 0 radical (unpaired) electrons. The minimum absolute atomic E-state index is 0.00345. The molecule has 0 aliphatic carbocycles. The Morgan fingerprint density at radius 3 is 2.39 bits per heavy atom. The molecule has 2 atom stereocenters. The van der Waals surface area contributed by atoms with Gasteiger partial charge in [-0.1, -0.05) is 65.2 Å². The molecule has 1 heterocycles. The number of piperidine rings is 1. The predicted octanol–water partition coefficient (Wildman–Crippen LogP) is 5.18. The normalized spacial score (nSPS) is 17.1. The van der Waals surface area contributed by atoms with Gasteiger partial charge in [0.25, 0.3) is 0 Å². The molecule has 2 N–H and O–H groups in total. The van der Waals surface area contributed by atoms with Crippen LogP contribution in [0.15, 0.2) is 71.6 Å². The van der Waals surface area contributed by atoms with E-state index in [4.69, 9.17) is 23.2 Å². The molecular weight excluding hydrogens is 547 g/mol. The summed E-state index contributed by atoms with van der Waals surface area (Å²) in [6.07, 6.45) is 1.06. The van der Waals surface area contributed by atoms with Gasteiger partial charge in [0.1, 0.15) is 6.04 Å². The highest BCUT2D eigenvalue weighted by Crippen LogP contribution is 2.31. The average Bonchev–Trinajstić information content (AvgIpc) is 2.90. The van der Waals surface area contributed by atoms with E-state index < -0.39 is 33.9 Å². The fraction of sp³-hybridized carbons (Fsp3) is 0.286. The molecule has 1 unspecified atom stereocenters. The quantitative estimate of drug-likeness (QED) is 0.385. The highest BCUT2D eigenvalue weighted by Gasteiger charge is 2.34. The maximum atomic E-state index is 13.1. The number of amides is 1. The van der Waals surface area contributed by atoms with Crippen LogP contribution in [0, 0.1) is 12.8 Å². The summed E-state index contributed by atoms with van der Waals surface area (Å²) in [6.45, 7) is 2.19. The molecule has 1 fully saturated rings. The van der Waals surface area contributed by atoms with E-state index in [0.717, 1.165) is 16.7 Å². The molecule has 1 aliphatic rings. The number of carbonyl (C=O) groups is 2. The minimum Gasteiger partial charge on any atom is -0.480 e. The van der Waals surface area contributed by atoms with Crippen molar-refractivity contribution < 1.29 is 23.1 Å². The number of nitrogens with one attached hydrogen (secondary N) is 1. The van der Waals surface area contributed by atoms with E-state index in [1.165, 1.54) is 4.31 Å². The Morgan fingerprint density at radius 1 is 1.05 bits per heavy atom. The lowest BCUT2D eigenvalue weighted by atomic mass is 9.97. The van der Waals surface area contributed by atoms with Gasteiger partial charge >= 0.3 is 5.97 Å². The third kappa shape index (κ3) is 6.56. The van der Waals surface area contributed by atoms with Crippen LogP contribution in [0.1, 0.15) is 24.0 Å². The van der Waals surface area contributed by atoms with Gasteiger partial charge in [0, 0.05) is 35.1 Å². The molecule has 200 valence electrons. The monoisotopic (exact) mass is 574 g/mol. The highest BCUT2D eigenvalue weighted by molar-refractivity contribution is 7.89. The molecule has 3 aromatic rings. The van der Waals surface area contributed by atoms with E-state index in [-0.39, 0.29) is 17.9 Å². The minimum atomic E-state index is -3.75. The standard InChI is InChI=1S/C28H28Cl2N2O5S/c1-18-4-11-23(12-5-18)38(36,37)32-14-2-3-21(17-32)27(33)31-26(28(34)35)15-19-6-8-20(9-7-19)24-16-22(29)10-13-25(24)30/h4-13,16,21,26H,2-3,14-15,17H2,1H3,(H,31,33)(H,34,35)/t21?,26-/m0/s1. The van der Waals surface area contributed by atoms with Gasteiger partial charge in [-0.05, 0) is 61.2 Å². The highest BCUT2D eigenvalue weighted by atomic mass is 35.5. The van der Waals surface area contributed by atoms with Gasteiger partial charge in [-0.2, -0.15) is 4.31 Å². The third-order valence-electron chi connectivity index (χ3n) is 6.66. The Morgan fingerprint density at radius 2 is 1.74 bits per heavy atom. The van der Waals surface area contributed by atoms with E-state index in [0.29, 0.717) is 35.0 Å². The van der Waals surface area contributed by atoms with Gasteiger partial charge in [0.15, 0.2) is 0 Å². The summed E-state index contributed by atoms with van der Waals surface area (Å²) in [5.41, 5.74) is 3.25. The lowest BCUT2D eigenvalue weighted by Crippen LogP contribution is -2.50. The number of nitrogens with zero attached hydrogens (tertiary/aromatic N) is 1. The van der Waals surface area contributed by atoms with Crippen LogP contribution in [0.5, 0.6) is 0 Å². The molecule has 1 amide bonds. The number of hydrogen-bond donors (Lipinski definition) is 2. The summed E-state index contributed by atoms with van der Waals surface area (Å²) in [6, 6.07) is 17.8. The second-order valence-electron chi connectivity index (χ2n) is 9.44. The van der Waals surface area contributed by atoms with Crippen molar-refractivity contribution in [2.75, 3.05) is 13.1 Å². The van der Waals surface area contributed by atoms with Crippen LogP contribution in [-0.4, -0.2) is 48.8 Å². The summed E-state index contributed by atoms with van der Waals surface area (Å²) in [4.78, 5) is 25.2. The van der Waals surface area contributed by atoms with Crippen molar-refractivity contribution in [3.63, 3.8) is 0 Å². The summed E-state index contributed by atoms with van der Waals surface area (Å²) < 4.78 is 27.5. The Kier molecular flexibility index (Phi) is 8.78. The predicted molar refractivity (Wildman–Crippen MR) is 148 cm³/mol. The van der Waals surface area contributed by atoms with Crippen molar-refractivity contribution in [2.24, 2.45) is 5.92 Å². The Bertz CT molecular complexity index is 1430. The summed E-state index contributed by atoms with van der Waals surface area (Å²) in [5, 5.41) is 13.5. The van der Waals surface area contributed by atoms with E-state index in [1.807, 2.05) is 19.1 Å². The van der Waals surface area contributed by atoms with Crippen molar-refractivity contribution in [3.05, 3.63) is 87.9 Å². The van der Waals surface area contributed by atoms with E-state index in [2.05, 4.69) is 5.32 Å². The number of hydrogen-bond acceptors (Lipinski definition) is 4. The number of aryl methyl sites for hydroxylation is 1. The van der Waals surface area contributed by atoms with E-state index >= 15 is 0 Å². The molecule has 38 heavy (non-hydrogen) atoms. The molecule has 1 saturated heterocycles. The van der Waals surface area contributed by atoms with Gasteiger partial charge in [-0.25, -0.2) is 13.2 Å². The van der Waals surface area contributed by atoms with Crippen molar-refractivity contribution in [3.8, 4) is 11.1 Å². The fourth-order valence-corrected chi connectivity index (χ4v) is 6.42. The van der Waals surface area contributed by atoms with Crippen LogP contribution in [0.4, 0.5) is 0 Å². The number of aliphatic carboxylic acids is 1. The average molecular weight is 576 g/mol. The van der Waals surface area contributed by atoms with Crippen LogP contribution in [0.2, 0.25) is 10.0 Å². The molecule has 0 saturated carbocycles. The largest absolute Gasteiger partial charge is 0.480 e. The Balaban J connectivity index is 1.42. The zero-order valence-corrected chi connectivity index (χ0v) is 23.1. The van der Waals surface area contributed by atoms with Crippen molar-refractivity contribution in [2.45, 2.75) is 37.1 Å². The van der Waals surface area contributed by atoms with Gasteiger partial charge in [-0.3, -0.25) is 4.79 Å². The van der Waals surface area contributed by atoms with Gasteiger partial charge in [0.2, 0.25) is 15.9 Å². The fourth-order valence-electron chi connectivity index (χ4n) is 4.50. The van der Waals surface area contributed by atoms with Gasteiger partial charge < -0.3 is 10.4 Å². The first-order valence-electron chi connectivity index (χ1n) is 12.2. The molecule has 3 aromatic carbocycles. The summed E-state index contributed by atoms with van der Waals surface area (Å²) >= 11 is 12.4. The molecule has 0 spiro atoms. The Labute approximate surface area is 232 Å². The number of carbonyl (C=O) groups excluding carboxylic acids is 1. The molecule has 0 aromatic heterocycles. The maximum Gasteiger partial charge on any atom is 0.326 e. The maximum absolute atomic E-state index is 13.1. The first kappa shape index (κ1) is 28.1. The lowest BCUT2D eigenvalue weighted by Gasteiger charge is -2.31. The Hall–Kier alpha value is -2.91. The van der Waals surface area contributed by atoms with Crippen molar-refractivity contribution >= 4 is 45.1 Å². The number of rotatable bonds is 8. The van der Waals surface area contributed by atoms with Gasteiger partial charge in [-0.15, -0.1) is 0 Å².